The number of nitrogens with zero attached hydrogens (tertiary/aromatic N) is 7. The van der Waals surface area contributed by atoms with Crippen LogP contribution in [-0.2, 0) is 17.6 Å². The Balaban J connectivity index is 1.10. The Hall–Kier alpha value is -4.18. The first-order valence-corrected chi connectivity index (χ1v) is 17.0. The van der Waals surface area contributed by atoms with Crippen molar-refractivity contribution >= 4 is 44.7 Å². The van der Waals surface area contributed by atoms with Crippen molar-refractivity contribution in [3.8, 4) is 17.3 Å². The quantitative estimate of drug-likeness (QED) is 0.314. The van der Waals surface area contributed by atoms with Gasteiger partial charge >= 0.3 is 0 Å². The van der Waals surface area contributed by atoms with Gasteiger partial charge in [0.25, 0.3) is 0 Å². The highest BCUT2D eigenvalue weighted by Crippen LogP contribution is 2.46. The summed E-state index contributed by atoms with van der Waals surface area (Å²) in [7, 11) is 1.91. The molecule has 5 heterocycles. The lowest BCUT2D eigenvalue weighted by molar-refractivity contribution is -0.142. The van der Waals surface area contributed by atoms with Crippen molar-refractivity contribution in [2.75, 3.05) is 62.7 Å². The van der Waals surface area contributed by atoms with Gasteiger partial charge in [-0.1, -0.05) is 11.3 Å². The van der Waals surface area contributed by atoms with Crippen LogP contribution in [0.15, 0.2) is 36.4 Å². The van der Waals surface area contributed by atoms with E-state index < -0.39 is 6.10 Å². The minimum Gasteiger partial charge on any atom is -0.389 e. The van der Waals surface area contributed by atoms with Crippen molar-refractivity contribution in [1.29, 1.82) is 5.26 Å². The molecule has 0 saturated carbocycles. The van der Waals surface area contributed by atoms with Gasteiger partial charge in [0.1, 0.15) is 28.0 Å². The van der Waals surface area contributed by atoms with Crippen LogP contribution in [0, 0.1) is 28.4 Å². The summed E-state index contributed by atoms with van der Waals surface area (Å²) < 4.78 is 29.7. The third-order valence-electron chi connectivity index (χ3n) is 10.4. The molecule has 1 aliphatic carbocycles. The summed E-state index contributed by atoms with van der Waals surface area (Å²) in [6.45, 7) is 4.48. The Morgan fingerprint density at radius 1 is 1.13 bits per heavy atom. The highest BCUT2D eigenvalue weighted by atomic mass is 32.1. The topological polar surface area (TPSA) is 99.8 Å². The number of hydrogen-bond donors (Lipinski definition) is 1. The highest BCUT2D eigenvalue weighted by molar-refractivity contribution is 7.16. The molecule has 4 aromatic rings. The number of aromatic nitrogens is 2. The van der Waals surface area contributed by atoms with Crippen LogP contribution in [0.3, 0.4) is 0 Å². The molecule has 1 amide bonds. The van der Waals surface area contributed by atoms with Crippen molar-refractivity contribution in [2.24, 2.45) is 5.41 Å². The maximum atomic E-state index is 16.0. The predicted molar refractivity (Wildman–Crippen MR) is 177 cm³/mol. The fraction of sp³-hybridized carbons (Fsp3) is 0.429. The van der Waals surface area contributed by atoms with E-state index in [9.17, 15) is 19.6 Å². The van der Waals surface area contributed by atoms with Crippen LogP contribution in [0.4, 0.5) is 25.3 Å². The summed E-state index contributed by atoms with van der Waals surface area (Å²) >= 11 is 1.26. The van der Waals surface area contributed by atoms with E-state index >= 15 is 4.39 Å². The zero-order chi connectivity index (χ0) is 32.4. The average Bonchev–Trinajstić information content (AvgIpc) is 3.86. The van der Waals surface area contributed by atoms with E-state index in [0.29, 0.717) is 46.4 Å². The highest BCUT2D eigenvalue weighted by Gasteiger charge is 2.44. The van der Waals surface area contributed by atoms with Crippen molar-refractivity contribution in [3.05, 3.63) is 64.2 Å². The molecule has 3 saturated heterocycles. The molecular formula is C35H35F2N7O2S. The molecule has 0 bridgehead atoms. The zero-order valence-corrected chi connectivity index (χ0v) is 27.0. The Morgan fingerprint density at radius 3 is 2.68 bits per heavy atom. The second kappa shape index (κ2) is 11.5. The molecule has 9 nitrogen and oxygen atoms in total. The second-order valence-electron chi connectivity index (χ2n) is 13.5. The Labute approximate surface area is 275 Å². The third-order valence-corrected chi connectivity index (χ3v) is 11.4. The van der Waals surface area contributed by atoms with Crippen molar-refractivity contribution in [3.63, 3.8) is 0 Å². The normalized spacial score (nSPS) is 21.1. The van der Waals surface area contributed by atoms with Gasteiger partial charge in [0.2, 0.25) is 5.91 Å². The Bertz CT molecular complexity index is 1940. The van der Waals surface area contributed by atoms with Gasteiger partial charge in [-0.25, -0.2) is 18.7 Å². The summed E-state index contributed by atoms with van der Waals surface area (Å²) in [5.74, 6) is -0.645. The number of carbonyl (C=O) groups is 1. The van der Waals surface area contributed by atoms with Crippen molar-refractivity contribution in [2.45, 2.75) is 38.2 Å². The number of aryl methyl sites for hydroxylation is 1. The summed E-state index contributed by atoms with van der Waals surface area (Å²) in [4.78, 5) is 30.9. The first-order valence-electron chi connectivity index (χ1n) is 16.2. The van der Waals surface area contributed by atoms with Crippen molar-refractivity contribution < 1.29 is 18.7 Å². The number of hydrogen-bond acceptors (Lipinski definition) is 9. The van der Waals surface area contributed by atoms with Gasteiger partial charge in [-0.15, -0.1) is 0 Å². The number of aliphatic hydroxyl groups excluding tert-OH is 1. The molecule has 47 heavy (non-hydrogen) atoms. The number of thiazole rings is 1. The molecule has 2 aromatic heterocycles. The Morgan fingerprint density at radius 2 is 1.91 bits per heavy atom. The number of likely N-dealkylation sites (tertiary alicyclic amines) is 2. The number of halogens is 2. The largest absolute Gasteiger partial charge is 0.389 e. The molecule has 3 aliphatic heterocycles. The number of β-amino-alcohol motifs (C(OH)–C–C–N with tert-alkyl or cyclic N) is 1. The van der Waals surface area contributed by atoms with Gasteiger partial charge in [0, 0.05) is 67.5 Å². The molecule has 4 aliphatic rings. The molecule has 1 spiro atoms. The number of nitriles is 1. The first-order chi connectivity index (χ1) is 22.7. The van der Waals surface area contributed by atoms with Gasteiger partial charge in [-0.3, -0.25) is 9.69 Å². The lowest BCUT2D eigenvalue weighted by Gasteiger charge is -2.37. The van der Waals surface area contributed by atoms with Crippen LogP contribution in [0.25, 0.3) is 22.2 Å². The number of amides is 1. The summed E-state index contributed by atoms with van der Waals surface area (Å²) in [5.41, 5.74) is 5.20. The average molecular weight is 656 g/mol. The lowest BCUT2D eigenvalue weighted by Crippen LogP contribution is -2.55. The number of benzene rings is 2. The SMILES string of the molecule is CN(c1nc(-c2ccc(F)cc2)c(C#N)s1)c1c2c(nc3c(F)cc(N4CCC5(CCN(CC(=O)N6CC(O)C6)C5)C4)cc13)CCC2. The van der Waals surface area contributed by atoms with Gasteiger partial charge in [0.05, 0.1) is 18.3 Å². The molecule has 0 radical (unpaired) electrons. The van der Waals surface area contributed by atoms with Crippen LogP contribution in [0.1, 0.15) is 35.4 Å². The second-order valence-corrected chi connectivity index (χ2v) is 14.5. The van der Waals surface area contributed by atoms with E-state index in [0.717, 1.165) is 86.3 Å². The van der Waals surface area contributed by atoms with Crippen LogP contribution in [-0.4, -0.2) is 89.7 Å². The van der Waals surface area contributed by atoms with Crippen LogP contribution in [0.2, 0.25) is 0 Å². The fourth-order valence-electron chi connectivity index (χ4n) is 7.88. The minimum absolute atomic E-state index is 0.0430. The Kier molecular flexibility index (Phi) is 7.39. The number of pyridine rings is 1. The number of anilines is 3. The summed E-state index contributed by atoms with van der Waals surface area (Å²) in [5, 5.41) is 20.8. The zero-order valence-electron chi connectivity index (χ0n) is 26.2. The molecular weight excluding hydrogens is 620 g/mol. The maximum Gasteiger partial charge on any atom is 0.236 e. The lowest BCUT2D eigenvalue weighted by atomic mass is 9.86. The number of fused-ring (bicyclic) bond motifs is 2. The van der Waals surface area contributed by atoms with Gasteiger partial charge in [0.15, 0.2) is 10.9 Å². The molecule has 8 rings (SSSR count). The van der Waals surface area contributed by atoms with Crippen LogP contribution >= 0.6 is 11.3 Å². The van der Waals surface area contributed by atoms with Gasteiger partial charge in [-0.05, 0) is 80.6 Å². The molecule has 1 unspecified atom stereocenters. The van der Waals surface area contributed by atoms with E-state index in [-0.39, 0.29) is 23.0 Å². The number of carbonyl (C=O) groups excluding carboxylic acids is 1. The van der Waals surface area contributed by atoms with Crippen molar-refractivity contribution in [1.82, 2.24) is 19.8 Å². The molecule has 2 aromatic carbocycles. The summed E-state index contributed by atoms with van der Waals surface area (Å²) in [6.07, 6.45) is 4.09. The van der Waals surface area contributed by atoms with E-state index in [1.54, 1.807) is 23.1 Å². The van der Waals surface area contributed by atoms with E-state index in [4.69, 9.17) is 9.97 Å². The fourth-order valence-corrected chi connectivity index (χ4v) is 8.73. The molecule has 12 heteroatoms. The standard InChI is InChI=1S/C35H35F2N7O2S/c1-41(34-40-31(29(15-38)47-34)21-5-7-22(36)8-6-21)33-25-3-2-4-28(25)39-32-26(33)13-23(14-27(32)37)43-12-10-35(20-43)9-11-42(19-35)18-30(46)44-16-24(45)17-44/h5-8,13-14,24,45H,2-4,9-12,16-20H2,1H3. The number of rotatable bonds is 6. The maximum absolute atomic E-state index is 16.0. The third kappa shape index (κ3) is 5.30. The first kappa shape index (κ1) is 30.2. The van der Waals surface area contributed by atoms with E-state index in [1.807, 2.05) is 11.9 Å². The minimum atomic E-state index is -0.401. The smallest absolute Gasteiger partial charge is 0.236 e. The monoisotopic (exact) mass is 655 g/mol. The van der Waals surface area contributed by atoms with E-state index in [2.05, 4.69) is 21.9 Å². The summed E-state index contributed by atoms with van der Waals surface area (Å²) in [6, 6.07) is 11.9. The van der Waals surface area contributed by atoms with Gasteiger partial charge < -0.3 is 19.8 Å². The predicted octanol–water partition coefficient (Wildman–Crippen LogP) is 4.87. The van der Waals surface area contributed by atoms with Crippen LogP contribution < -0.4 is 9.80 Å². The molecule has 1 N–H and O–H groups in total. The molecule has 242 valence electrons. The van der Waals surface area contributed by atoms with Gasteiger partial charge in [-0.2, -0.15) is 5.26 Å². The van der Waals surface area contributed by atoms with E-state index in [1.165, 1.54) is 23.5 Å². The number of aliphatic hydroxyl groups is 1. The van der Waals surface area contributed by atoms with Crippen LogP contribution in [0.5, 0.6) is 0 Å². The molecule has 1 atom stereocenters. The molecule has 3 fully saturated rings.